The molecule has 0 amide bonds. The van der Waals surface area contributed by atoms with E-state index in [1.165, 1.54) is 12.1 Å². The molecule has 3 rings (SSSR count). The average molecular weight is 346 g/mol. The summed E-state index contributed by atoms with van der Waals surface area (Å²) in [6, 6.07) is 13.1. The highest BCUT2D eigenvalue weighted by molar-refractivity contribution is 5.96. The van der Waals surface area contributed by atoms with Crippen molar-refractivity contribution >= 4 is 10.8 Å². The van der Waals surface area contributed by atoms with Gasteiger partial charge < -0.3 is 4.42 Å². The van der Waals surface area contributed by atoms with Crippen molar-refractivity contribution in [3.8, 4) is 11.1 Å². The Labute approximate surface area is 142 Å². The first kappa shape index (κ1) is 17.3. The maximum absolute atomic E-state index is 13.5. The number of hydrogen-bond donors (Lipinski definition) is 0. The zero-order chi connectivity index (χ0) is 18.4. The topological polar surface area (TPSA) is 30.2 Å². The Bertz CT molecular complexity index is 975. The quantitative estimate of drug-likeness (QED) is 0.559. The van der Waals surface area contributed by atoms with Gasteiger partial charge in [0.2, 0.25) is 5.76 Å². The van der Waals surface area contributed by atoms with E-state index < -0.39 is 17.6 Å². The lowest BCUT2D eigenvalue weighted by Gasteiger charge is -2.20. The van der Waals surface area contributed by atoms with Gasteiger partial charge in [0.25, 0.3) is 0 Å². The van der Waals surface area contributed by atoms with Crippen LogP contribution in [0.4, 0.5) is 13.2 Å². The average Bonchev–Trinajstić information content (AvgIpc) is 2.53. The molecule has 0 atom stereocenters. The molecule has 0 spiro atoms. The molecule has 2 nitrogen and oxygen atoms in total. The minimum Gasteiger partial charge on any atom is -0.417 e. The van der Waals surface area contributed by atoms with E-state index in [4.69, 9.17) is 0 Å². The maximum atomic E-state index is 13.5. The third-order valence-electron chi connectivity index (χ3n) is 4.14. The molecule has 5 heteroatoms. The van der Waals surface area contributed by atoms with E-state index in [1.807, 2.05) is 20.8 Å². The summed E-state index contributed by atoms with van der Waals surface area (Å²) in [5.74, 6) is -1.26. The molecule has 0 aliphatic heterocycles. The number of benzene rings is 2. The second kappa shape index (κ2) is 5.76. The normalized spacial score (nSPS) is 12.6. The van der Waals surface area contributed by atoms with E-state index in [1.54, 1.807) is 36.4 Å². The fourth-order valence-electron chi connectivity index (χ4n) is 2.82. The van der Waals surface area contributed by atoms with E-state index in [9.17, 15) is 18.0 Å². The summed E-state index contributed by atoms with van der Waals surface area (Å²) in [6.07, 6.45) is -4.76. The van der Waals surface area contributed by atoms with Gasteiger partial charge in [0.15, 0.2) is 0 Å². The largest absolute Gasteiger partial charge is 0.450 e. The number of fused-ring (bicyclic) bond motifs is 1. The van der Waals surface area contributed by atoms with E-state index in [-0.39, 0.29) is 21.8 Å². The molecular formula is C20H17F3O2. The molecule has 0 unspecified atom stereocenters. The molecule has 0 aliphatic rings. The molecule has 25 heavy (non-hydrogen) atoms. The Morgan fingerprint density at radius 1 is 0.840 bits per heavy atom. The van der Waals surface area contributed by atoms with Crippen LogP contribution in [0.1, 0.15) is 32.1 Å². The minimum absolute atomic E-state index is 0.108. The fourth-order valence-corrected chi connectivity index (χ4v) is 2.82. The van der Waals surface area contributed by atoms with Crippen molar-refractivity contribution < 1.29 is 17.6 Å². The summed E-state index contributed by atoms with van der Waals surface area (Å²) >= 11 is 0. The van der Waals surface area contributed by atoms with Crippen molar-refractivity contribution in [1.82, 2.24) is 0 Å². The molecular weight excluding hydrogens is 329 g/mol. The van der Waals surface area contributed by atoms with Crippen LogP contribution in [0.25, 0.3) is 21.9 Å². The van der Waals surface area contributed by atoms with Gasteiger partial charge >= 0.3 is 11.8 Å². The number of alkyl halides is 3. The highest BCUT2D eigenvalue weighted by Crippen LogP contribution is 2.40. The van der Waals surface area contributed by atoms with Gasteiger partial charge in [-0.05, 0) is 22.6 Å². The molecule has 0 aliphatic carbocycles. The Hall–Kier alpha value is -2.56. The Morgan fingerprint density at radius 3 is 1.92 bits per heavy atom. The molecule has 1 aromatic heterocycles. The summed E-state index contributed by atoms with van der Waals surface area (Å²) in [7, 11) is 0. The summed E-state index contributed by atoms with van der Waals surface area (Å²) < 4.78 is 45.1. The van der Waals surface area contributed by atoms with Crippen molar-refractivity contribution in [2.75, 3.05) is 0 Å². The van der Waals surface area contributed by atoms with Gasteiger partial charge in [-0.3, -0.25) is 0 Å². The van der Waals surface area contributed by atoms with E-state index in [0.29, 0.717) is 5.56 Å². The van der Waals surface area contributed by atoms with Crippen molar-refractivity contribution in [2.24, 2.45) is 0 Å². The van der Waals surface area contributed by atoms with Crippen LogP contribution in [0.2, 0.25) is 0 Å². The monoisotopic (exact) mass is 346 g/mol. The molecule has 0 fully saturated rings. The minimum atomic E-state index is -4.76. The summed E-state index contributed by atoms with van der Waals surface area (Å²) in [5.41, 5.74) is 0.157. The summed E-state index contributed by atoms with van der Waals surface area (Å²) in [6.45, 7) is 6.08. The predicted molar refractivity (Wildman–Crippen MR) is 91.6 cm³/mol. The predicted octanol–water partition coefficient (Wildman–Crippen LogP) is 5.78. The molecule has 0 saturated heterocycles. The standard InChI is InChI=1S/C20H17F3O2/c1-19(2,3)13-10-8-12(9-11-13)16-14-6-4-5-7-15(14)18(24)25-17(16)20(21,22)23/h4-11H,1-3H3. The van der Waals surface area contributed by atoms with Crippen LogP contribution in [0, 0.1) is 0 Å². The highest BCUT2D eigenvalue weighted by Gasteiger charge is 2.39. The molecule has 0 radical (unpaired) electrons. The summed E-state index contributed by atoms with van der Waals surface area (Å²) in [4.78, 5) is 11.9. The lowest BCUT2D eigenvalue weighted by atomic mass is 9.86. The fraction of sp³-hybridized carbons (Fsp3) is 0.250. The second-order valence-electron chi connectivity index (χ2n) is 6.96. The van der Waals surface area contributed by atoms with Crippen LogP contribution in [0.15, 0.2) is 57.7 Å². The van der Waals surface area contributed by atoms with Gasteiger partial charge in [-0.2, -0.15) is 13.2 Å². The Balaban J connectivity index is 2.34. The zero-order valence-corrected chi connectivity index (χ0v) is 14.1. The molecule has 130 valence electrons. The number of halogens is 3. The number of hydrogen-bond acceptors (Lipinski definition) is 2. The van der Waals surface area contributed by atoms with Crippen molar-refractivity contribution in [3.05, 3.63) is 70.3 Å². The molecule has 0 N–H and O–H groups in total. The lowest BCUT2D eigenvalue weighted by molar-refractivity contribution is -0.153. The van der Waals surface area contributed by atoms with E-state index in [0.717, 1.165) is 5.56 Å². The highest BCUT2D eigenvalue weighted by atomic mass is 19.4. The van der Waals surface area contributed by atoms with Crippen LogP contribution in [-0.4, -0.2) is 0 Å². The van der Waals surface area contributed by atoms with Crippen LogP contribution in [-0.2, 0) is 11.6 Å². The lowest BCUT2D eigenvalue weighted by Crippen LogP contribution is -2.14. The maximum Gasteiger partial charge on any atom is 0.450 e. The van der Waals surface area contributed by atoms with Crippen LogP contribution < -0.4 is 5.63 Å². The molecule has 0 bridgehead atoms. The Kier molecular flexibility index (Phi) is 3.98. The third kappa shape index (κ3) is 3.18. The third-order valence-corrected chi connectivity index (χ3v) is 4.14. The van der Waals surface area contributed by atoms with Gasteiger partial charge in [-0.25, -0.2) is 4.79 Å². The van der Waals surface area contributed by atoms with Gasteiger partial charge in [0, 0.05) is 10.9 Å². The zero-order valence-electron chi connectivity index (χ0n) is 14.1. The van der Waals surface area contributed by atoms with Crippen molar-refractivity contribution in [2.45, 2.75) is 32.4 Å². The molecule has 2 aromatic carbocycles. The van der Waals surface area contributed by atoms with Crippen LogP contribution in [0.5, 0.6) is 0 Å². The first-order valence-corrected chi connectivity index (χ1v) is 7.83. The SMILES string of the molecule is CC(C)(C)c1ccc(-c2c(C(F)(F)F)oc(=O)c3ccccc23)cc1. The molecule has 0 saturated carbocycles. The first-order valence-electron chi connectivity index (χ1n) is 7.83. The van der Waals surface area contributed by atoms with Gasteiger partial charge in [-0.15, -0.1) is 0 Å². The van der Waals surface area contributed by atoms with E-state index in [2.05, 4.69) is 4.42 Å². The molecule has 1 heterocycles. The Morgan fingerprint density at radius 2 is 1.40 bits per heavy atom. The van der Waals surface area contributed by atoms with Crippen LogP contribution in [0.3, 0.4) is 0 Å². The van der Waals surface area contributed by atoms with Crippen molar-refractivity contribution in [3.63, 3.8) is 0 Å². The van der Waals surface area contributed by atoms with Gasteiger partial charge in [-0.1, -0.05) is 63.2 Å². The van der Waals surface area contributed by atoms with Gasteiger partial charge in [0.05, 0.1) is 5.39 Å². The first-order chi connectivity index (χ1) is 11.6. The van der Waals surface area contributed by atoms with Gasteiger partial charge in [0.1, 0.15) is 0 Å². The van der Waals surface area contributed by atoms with Crippen LogP contribution >= 0.6 is 0 Å². The number of rotatable bonds is 1. The second-order valence-corrected chi connectivity index (χ2v) is 6.96. The summed E-state index contributed by atoms with van der Waals surface area (Å²) in [5, 5.41) is 0.361. The van der Waals surface area contributed by atoms with Crippen molar-refractivity contribution in [1.29, 1.82) is 0 Å². The van der Waals surface area contributed by atoms with E-state index >= 15 is 0 Å². The smallest absolute Gasteiger partial charge is 0.417 e. The molecule has 3 aromatic rings.